The van der Waals surface area contributed by atoms with E-state index >= 15 is 0 Å². The minimum absolute atomic E-state index is 0.101. The fourth-order valence-corrected chi connectivity index (χ4v) is 2.94. The molecule has 0 aliphatic carbocycles. The van der Waals surface area contributed by atoms with Crippen LogP contribution in [-0.2, 0) is 4.79 Å². The minimum atomic E-state index is -0.232. The van der Waals surface area contributed by atoms with Crippen LogP contribution in [0.1, 0.15) is 57.1 Å². The van der Waals surface area contributed by atoms with Crippen molar-refractivity contribution in [2.75, 3.05) is 5.32 Å². The van der Waals surface area contributed by atoms with Crippen LogP contribution in [0.4, 0.5) is 5.69 Å². The van der Waals surface area contributed by atoms with E-state index in [1.165, 1.54) is 23.9 Å². The lowest BCUT2D eigenvalue weighted by Gasteiger charge is -2.03. The molecule has 1 aromatic carbocycles. The SMILES string of the molecule is C=CCCCCCCCCC(=O)Nc1c(C)[nH]n(-c2ccccc2)c1=O. The van der Waals surface area contributed by atoms with Gasteiger partial charge in [0.2, 0.25) is 5.91 Å². The molecule has 0 fully saturated rings. The van der Waals surface area contributed by atoms with Crippen molar-refractivity contribution in [2.24, 2.45) is 0 Å². The van der Waals surface area contributed by atoms with Gasteiger partial charge in [0.15, 0.2) is 0 Å². The summed E-state index contributed by atoms with van der Waals surface area (Å²) in [5.74, 6) is -0.101. The number of allylic oxidation sites excluding steroid dienone is 1. The second kappa shape index (κ2) is 10.4. The number of hydrogen-bond acceptors (Lipinski definition) is 2. The molecule has 1 amide bonds. The number of anilines is 1. The highest BCUT2D eigenvalue weighted by Crippen LogP contribution is 2.13. The molecule has 0 aliphatic rings. The van der Waals surface area contributed by atoms with E-state index in [1.807, 2.05) is 36.4 Å². The number of rotatable bonds is 11. The Labute approximate surface area is 155 Å². The molecule has 5 nitrogen and oxygen atoms in total. The monoisotopic (exact) mass is 355 g/mol. The first kappa shape index (κ1) is 19.8. The quantitative estimate of drug-likeness (QED) is 0.452. The van der Waals surface area contributed by atoms with E-state index in [1.54, 1.807) is 6.92 Å². The zero-order chi connectivity index (χ0) is 18.8. The molecular weight excluding hydrogens is 326 g/mol. The van der Waals surface area contributed by atoms with Crippen molar-refractivity contribution in [3.8, 4) is 5.69 Å². The zero-order valence-corrected chi connectivity index (χ0v) is 15.6. The van der Waals surface area contributed by atoms with Crippen molar-refractivity contribution in [1.82, 2.24) is 9.78 Å². The standard InChI is InChI=1S/C21H29N3O2/c1-3-4-5-6-7-8-9-13-16-19(25)22-20-17(2)23-24(21(20)26)18-14-11-10-12-15-18/h3,10-12,14-15,23H,1,4-9,13,16H2,2H3,(H,22,25). The molecule has 1 aromatic heterocycles. The summed E-state index contributed by atoms with van der Waals surface area (Å²) in [6, 6.07) is 9.32. The number of carbonyl (C=O) groups is 1. The van der Waals surface area contributed by atoms with Gasteiger partial charge in [-0.15, -0.1) is 6.58 Å². The van der Waals surface area contributed by atoms with Crippen LogP contribution in [0.15, 0.2) is 47.8 Å². The predicted molar refractivity (Wildman–Crippen MR) is 107 cm³/mol. The molecule has 0 saturated carbocycles. The fourth-order valence-electron chi connectivity index (χ4n) is 2.94. The number of amides is 1. The van der Waals surface area contributed by atoms with E-state index < -0.39 is 0 Å². The van der Waals surface area contributed by atoms with Gasteiger partial charge < -0.3 is 5.32 Å². The number of benzene rings is 1. The molecular formula is C21H29N3O2. The summed E-state index contributed by atoms with van der Waals surface area (Å²) in [5, 5.41) is 5.79. The molecule has 5 heteroatoms. The van der Waals surface area contributed by atoms with Crippen LogP contribution in [0.25, 0.3) is 5.69 Å². The second-order valence-corrected chi connectivity index (χ2v) is 6.58. The van der Waals surface area contributed by atoms with E-state index in [0.717, 1.165) is 31.4 Å². The van der Waals surface area contributed by atoms with Crippen molar-refractivity contribution in [3.63, 3.8) is 0 Å². The largest absolute Gasteiger partial charge is 0.320 e. The van der Waals surface area contributed by atoms with Crippen molar-refractivity contribution in [1.29, 1.82) is 0 Å². The minimum Gasteiger partial charge on any atom is -0.320 e. The third kappa shape index (κ3) is 5.76. The summed E-state index contributed by atoms with van der Waals surface area (Å²) in [5.41, 5.74) is 1.51. The molecule has 140 valence electrons. The van der Waals surface area contributed by atoms with Crippen molar-refractivity contribution in [2.45, 2.75) is 58.3 Å². The molecule has 0 aliphatic heterocycles. The van der Waals surface area contributed by atoms with Crippen LogP contribution >= 0.6 is 0 Å². The van der Waals surface area contributed by atoms with Crippen LogP contribution in [0.3, 0.4) is 0 Å². The third-order valence-electron chi connectivity index (χ3n) is 4.41. The summed E-state index contributed by atoms with van der Waals surface area (Å²) in [6.07, 6.45) is 10.2. The lowest BCUT2D eigenvalue weighted by Crippen LogP contribution is -2.21. The molecule has 0 radical (unpaired) electrons. The van der Waals surface area contributed by atoms with Crippen molar-refractivity contribution >= 4 is 11.6 Å². The number of aryl methyl sites for hydroxylation is 1. The number of carbonyl (C=O) groups excluding carboxylic acids is 1. The number of unbranched alkanes of at least 4 members (excludes halogenated alkanes) is 6. The fraction of sp³-hybridized carbons (Fsp3) is 0.429. The Morgan fingerprint density at radius 2 is 1.77 bits per heavy atom. The molecule has 0 unspecified atom stereocenters. The molecule has 0 saturated heterocycles. The van der Waals surface area contributed by atoms with Crippen LogP contribution < -0.4 is 10.9 Å². The molecule has 2 rings (SSSR count). The van der Waals surface area contributed by atoms with E-state index in [-0.39, 0.29) is 11.5 Å². The van der Waals surface area contributed by atoms with E-state index in [9.17, 15) is 9.59 Å². The molecule has 0 bridgehead atoms. The zero-order valence-electron chi connectivity index (χ0n) is 15.6. The molecule has 0 spiro atoms. The Morgan fingerprint density at radius 1 is 1.12 bits per heavy atom. The molecule has 2 N–H and O–H groups in total. The summed E-state index contributed by atoms with van der Waals surface area (Å²) in [6.45, 7) is 5.51. The van der Waals surface area contributed by atoms with Gasteiger partial charge in [-0.05, 0) is 38.3 Å². The summed E-state index contributed by atoms with van der Waals surface area (Å²) in [7, 11) is 0. The van der Waals surface area contributed by atoms with Crippen LogP contribution in [0, 0.1) is 6.92 Å². The second-order valence-electron chi connectivity index (χ2n) is 6.58. The number of H-pyrrole nitrogens is 1. The van der Waals surface area contributed by atoms with E-state index in [0.29, 0.717) is 17.8 Å². The molecule has 1 heterocycles. The first-order chi connectivity index (χ1) is 12.6. The van der Waals surface area contributed by atoms with Crippen LogP contribution in [-0.4, -0.2) is 15.7 Å². The average molecular weight is 355 g/mol. The number of hydrogen-bond donors (Lipinski definition) is 2. The smallest absolute Gasteiger partial charge is 0.295 e. The van der Waals surface area contributed by atoms with Crippen molar-refractivity contribution in [3.05, 3.63) is 59.0 Å². The summed E-state index contributed by atoms with van der Waals surface area (Å²) < 4.78 is 1.45. The Hall–Kier alpha value is -2.56. The first-order valence-corrected chi connectivity index (χ1v) is 9.41. The number of aromatic amines is 1. The van der Waals surface area contributed by atoms with Crippen LogP contribution in [0.2, 0.25) is 0 Å². The van der Waals surface area contributed by atoms with Gasteiger partial charge in [0.05, 0.1) is 11.4 Å². The Morgan fingerprint density at radius 3 is 2.46 bits per heavy atom. The number of nitrogens with one attached hydrogen (secondary N) is 2. The van der Waals surface area contributed by atoms with E-state index in [4.69, 9.17) is 0 Å². The maximum Gasteiger partial charge on any atom is 0.295 e. The van der Waals surface area contributed by atoms with Gasteiger partial charge in [-0.1, -0.05) is 50.0 Å². The molecule has 26 heavy (non-hydrogen) atoms. The lowest BCUT2D eigenvalue weighted by atomic mass is 10.1. The predicted octanol–water partition coefficient (Wildman–Crippen LogP) is 4.72. The number of aromatic nitrogens is 2. The van der Waals surface area contributed by atoms with E-state index in [2.05, 4.69) is 17.0 Å². The number of nitrogens with zero attached hydrogens (tertiary/aromatic N) is 1. The van der Waals surface area contributed by atoms with Gasteiger partial charge in [-0.2, -0.15) is 0 Å². The Kier molecular flexibility index (Phi) is 7.93. The van der Waals surface area contributed by atoms with Crippen molar-refractivity contribution < 1.29 is 4.79 Å². The highest BCUT2D eigenvalue weighted by atomic mass is 16.2. The molecule has 0 atom stereocenters. The summed E-state index contributed by atoms with van der Waals surface area (Å²) in [4.78, 5) is 24.7. The Bertz CT molecular complexity index is 759. The maximum absolute atomic E-state index is 12.5. The van der Waals surface area contributed by atoms with Crippen LogP contribution in [0.5, 0.6) is 0 Å². The number of para-hydroxylation sites is 1. The highest BCUT2D eigenvalue weighted by Gasteiger charge is 2.14. The third-order valence-corrected chi connectivity index (χ3v) is 4.41. The van der Waals surface area contributed by atoms with Gasteiger partial charge in [-0.3, -0.25) is 14.7 Å². The maximum atomic E-state index is 12.5. The Balaban J connectivity index is 1.80. The van der Waals surface area contributed by atoms with Gasteiger partial charge in [0.1, 0.15) is 5.69 Å². The lowest BCUT2D eigenvalue weighted by molar-refractivity contribution is -0.116. The normalized spacial score (nSPS) is 10.7. The topological polar surface area (TPSA) is 66.9 Å². The summed E-state index contributed by atoms with van der Waals surface area (Å²) >= 11 is 0. The highest BCUT2D eigenvalue weighted by molar-refractivity contribution is 5.91. The average Bonchev–Trinajstić information content (AvgIpc) is 2.93. The first-order valence-electron chi connectivity index (χ1n) is 9.41. The van der Waals surface area contributed by atoms with Gasteiger partial charge >= 0.3 is 0 Å². The van der Waals surface area contributed by atoms with Gasteiger partial charge in [0.25, 0.3) is 5.56 Å². The van der Waals surface area contributed by atoms with Gasteiger partial charge in [-0.25, -0.2) is 4.68 Å². The van der Waals surface area contributed by atoms with Gasteiger partial charge in [0, 0.05) is 6.42 Å². The molecule has 2 aromatic rings.